The number of hydrogen-bond acceptors (Lipinski definition) is 5. The quantitative estimate of drug-likeness (QED) is 0.571. The zero-order chi connectivity index (χ0) is 20.5. The van der Waals surface area contributed by atoms with Gasteiger partial charge in [0.15, 0.2) is 0 Å². The molecule has 1 aliphatic rings. The number of aryl methyl sites for hydroxylation is 1. The van der Waals surface area contributed by atoms with E-state index >= 15 is 0 Å². The lowest BCUT2D eigenvalue weighted by atomic mass is 10.1. The first-order valence-electron chi connectivity index (χ1n) is 8.51. The highest BCUT2D eigenvalue weighted by Crippen LogP contribution is 2.23. The summed E-state index contributed by atoms with van der Waals surface area (Å²) in [6, 6.07) is 9.27. The standard InChI is InChI=1S/C18H18FN3O5S/c1-13-12-14(6-7-16(13)22(24)25)18(23)20-8-10-21(11-9-20)28(26,27)17-5-3-2-4-15(17)19/h2-7,12H,8-11H2,1H3. The lowest BCUT2D eigenvalue weighted by Crippen LogP contribution is -2.50. The van der Waals surface area contributed by atoms with Crippen LogP contribution in [0.5, 0.6) is 0 Å². The van der Waals surface area contributed by atoms with Crippen molar-refractivity contribution < 1.29 is 22.5 Å². The summed E-state index contributed by atoms with van der Waals surface area (Å²) in [5.41, 5.74) is 0.600. The summed E-state index contributed by atoms with van der Waals surface area (Å²) in [5, 5.41) is 10.9. The van der Waals surface area contributed by atoms with E-state index in [0.29, 0.717) is 11.1 Å². The molecule has 0 bridgehead atoms. The van der Waals surface area contributed by atoms with Crippen molar-refractivity contribution in [2.24, 2.45) is 0 Å². The van der Waals surface area contributed by atoms with Crippen molar-refractivity contribution in [3.63, 3.8) is 0 Å². The van der Waals surface area contributed by atoms with Crippen molar-refractivity contribution in [2.75, 3.05) is 26.2 Å². The van der Waals surface area contributed by atoms with Crippen molar-refractivity contribution in [2.45, 2.75) is 11.8 Å². The van der Waals surface area contributed by atoms with Crippen LogP contribution in [0.25, 0.3) is 0 Å². The molecule has 1 fully saturated rings. The molecule has 0 aliphatic carbocycles. The van der Waals surface area contributed by atoms with Crippen LogP contribution in [-0.4, -0.2) is 54.6 Å². The van der Waals surface area contributed by atoms with Gasteiger partial charge in [0.25, 0.3) is 11.6 Å². The van der Waals surface area contributed by atoms with Gasteiger partial charge in [-0.15, -0.1) is 0 Å². The molecular weight excluding hydrogens is 389 g/mol. The predicted molar refractivity (Wildman–Crippen MR) is 98.9 cm³/mol. The van der Waals surface area contributed by atoms with Gasteiger partial charge in [-0.05, 0) is 31.2 Å². The number of hydrogen-bond donors (Lipinski definition) is 0. The van der Waals surface area contributed by atoms with Gasteiger partial charge in [-0.1, -0.05) is 12.1 Å². The molecule has 0 spiro atoms. The third kappa shape index (κ3) is 3.73. The number of amides is 1. The third-order valence-corrected chi connectivity index (χ3v) is 6.55. The van der Waals surface area contributed by atoms with E-state index in [1.54, 1.807) is 6.92 Å². The molecule has 0 saturated carbocycles. The van der Waals surface area contributed by atoms with Crippen LogP contribution in [0.2, 0.25) is 0 Å². The Bertz CT molecular complexity index is 1030. The molecule has 0 N–H and O–H groups in total. The highest BCUT2D eigenvalue weighted by atomic mass is 32.2. The fourth-order valence-electron chi connectivity index (χ4n) is 3.10. The number of nitrogens with zero attached hydrogens (tertiary/aromatic N) is 3. The molecule has 1 saturated heterocycles. The summed E-state index contributed by atoms with van der Waals surface area (Å²) in [6.45, 7) is 1.90. The lowest BCUT2D eigenvalue weighted by molar-refractivity contribution is -0.385. The molecule has 10 heteroatoms. The minimum atomic E-state index is -3.98. The smallest absolute Gasteiger partial charge is 0.272 e. The number of nitro benzene ring substituents is 1. The fourth-order valence-corrected chi connectivity index (χ4v) is 4.59. The monoisotopic (exact) mass is 407 g/mol. The van der Waals surface area contributed by atoms with Gasteiger partial charge in [0.05, 0.1) is 4.92 Å². The first-order chi connectivity index (χ1) is 13.2. The van der Waals surface area contributed by atoms with E-state index in [0.717, 1.165) is 10.4 Å². The van der Waals surface area contributed by atoms with Crippen LogP contribution in [-0.2, 0) is 10.0 Å². The van der Waals surface area contributed by atoms with E-state index in [1.165, 1.54) is 41.3 Å². The number of carbonyl (C=O) groups excluding carboxylic acids is 1. The van der Waals surface area contributed by atoms with Crippen LogP contribution in [0.3, 0.4) is 0 Å². The van der Waals surface area contributed by atoms with E-state index < -0.39 is 20.8 Å². The molecule has 2 aromatic carbocycles. The number of rotatable bonds is 4. The maximum absolute atomic E-state index is 13.9. The Hall–Kier alpha value is -2.85. The van der Waals surface area contributed by atoms with Crippen LogP contribution < -0.4 is 0 Å². The second-order valence-electron chi connectivity index (χ2n) is 6.39. The fraction of sp³-hybridized carbons (Fsp3) is 0.278. The summed E-state index contributed by atoms with van der Waals surface area (Å²) in [7, 11) is -3.98. The summed E-state index contributed by atoms with van der Waals surface area (Å²) in [4.78, 5) is 24.1. The van der Waals surface area contributed by atoms with Gasteiger partial charge >= 0.3 is 0 Å². The Morgan fingerprint density at radius 1 is 1.11 bits per heavy atom. The summed E-state index contributed by atoms with van der Waals surface area (Å²) in [5.74, 6) is -1.15. The lowest BCUT2D eigenvalue weighted by Gasteiger charge is -2.34. The average Bonchev–Trinajstić information content (AvgIpc) is 2.67. The van der Waals surface area contributed by atoms with E-state index in [2.05, 4.69) is 0 Å². The van der Waals surface area contributed by atoms with E-state index in [-0.39, 0.29) is 42.7 Å². The van der Waals surface area contributed by atoms with Gasteiger partial charge < -0.3 is 4.90 Å². The molecule has 148 valence electrons. The van der Waals surface area contributed by atoms with Crippen molar-refractivity contribution in [1.82, 2.24) is 9.21 Å². The summed E-state index contributed by atoms with van der Waals surface area (Å²) < 4.78 is 40.3. The molecule has 1 heterocycles. The average molecular weight is 407 g/mol. The molecule has 0 aromatic heterocycles. The minimum Gasteiger partial charge on any atom is -0.336 e. The van der Waals surface area contributed by atoms with Crippen molar-refractivity contribution in [3.8, 4) is 0 Å². The molecular formula is C18H18FN3O5S. The predicted octanol–water partition coefficient (Wildman–Crippen LogP) is 2.19. The Morgan fingerprint density at radius 2 is 1.75 bits per heavy atom. The zero-order valence-corrected chi connectivity index (χ0v) is 15.9. The van der Waals surface area contributed by atoms with E-state index in [9.17, 15) is 27.7 Å². The van der Waals surface area contributed by atoms with Crippen LogP contribution in [0, 0.1) is 22.9 Å². The normalized spacial score (nSPS) is 15.4. The van der Waals surface area contributed by atoms with Gasteiger partial charge in [-0.2, -0.15) is 4.31 Å². The topological polar surface area (TPSA) is 101 Å². The van der Waals surface area contributed by atoms with Crippen LogP contribution in [0.1, 0.15) is 15.9 Å². The largest absolute Gasteiger partial charge is 0.336 e. The Kier molecular flexibility index (Phi) is 5.43. The highest BCUT2D eigenvalue weighted by Gasteiger charge is 2.32. The number of sulfonamides is 1. The molecule has 8 nitrogen and oxygen atoms in total. The van der Waals surface area contributed by atoms with Crippen LogP contribution in [0.4, 0.5) is 10.1 Å². The molecule has 0 radical (unpaired) electrons. The molecule has 1 amide bonds. The second-order valence-corrected chi connectivity index (χ2v) is 8.29. The van der Waals surface area contributed by atoms with E-state index in [4.69, 9.17) is 0 Å². The Balaban J connectivity index is 1.72. The first-order valence-corrected chi connectivity index (χ1v) is 9.95. The molecule has 3 rings (SSSR count). The van der Waals surface area contributed by atoms with Gasteiger partial charge in [-0.3, -0.25) is 14.9 Å². The van der Waals surface area contributed by atoms with Gasteiger partial charge in [0.1, 0.15) is 10.7 Å². The summed E-state index contributed by atoms with van der Waals surface area (Å²) >= 11 is 0. The maximum Gasteiger partial charge on any atom is 0.272 e. The number of benzene rings is 2. The number of nitro groups is 1. The Labute approximate surface area is 161 Å². The molecule has 2 aromatic rings. The van der Waals surface area contributed by atoms with Crippen molar-refractivity contribution >= 4 is 21.6 Å². The maximum atomic E-state index is 13.9. The minimum absolute atomic E-state index is 0.0361. The molecule has 28 heavy (non-hydrogen) atoms. The van der Waals surface area contributed by atoms with Crippen molar-refractivity contribution in [1.29, 1.82) is 0 Å². The molecule has 1 aliphatic heterocycles. The summed E-state index contributed by atoms with van der Waals surface area (Å²) in [6.07, 6.45) is 0. The van der Waals surface area contributed by atoms with Crippen LogP contribution in [0.15, 0.2) is 47.4 Å². The second kappa shape index (κ2) is 7.64. The molecule has 0 unspecified atom stereocenters. The number of carbonyl (C=O) groups is 1. The molecule has 0 atom stereocenters. The van der Waals surface area contributed by atoms with Gasteiger partial charge in [0, 0.05) is 43.4 Å². The van der Waals surface area contributed by atoms with E-state index in [1.807, 2.05) is 0 Å². The third-order valence-electron chi connectivity index (χ3n) is 4.62. The SMILES string of the molecule is Cc1cc(C(=O)N2CCN(S(=O)(=O)c3ccccc3F)CC2)ccc1[N+](=O)[O-]. The zero-order valence-electron chi connectivity index (χ0n) is 15.0. The van der Waals surface area contributed by atoms with Gasteiger partial charge in [-0.25, -0.2) is 12.8 Å². The van der Waals surface area contributed by atoms with Gasteiger partial charge in [0.2, 0.25) is 10.0 Å². The van der Waals surface area contributed by atoms with Crippen LogP contribution >= 0.6 is 0 Å². The van der Waals surface area contributed by atoms with Crippen molar-refractivity contribution in [3.05, 3.63) is 69.5 Å². The number of halogens is 1. The Morgan fingerprint density at radius 3 is 2.32 bits per heavy atom. The number of piperazine rings is 1. The highest BCUT2D eigenvalue weighted by molar-refractivity contribution is 7.89. The first kappa shape index (κ1) is 19.9.